The highest BCUT2D eigenvalue weighted by Crippen LogP contribution is 2.26. The SMILES string of the molecule is CN(CCc1ccccc1)C(=O)C(c1ccccc1)N1CCCC1. The van der Waals surface area contributed by atoms with Gasteiger partial charge in [0.25, 0.3) is 0 Å². The van der Waals surface area contributed by atoms with E-state index < -0.39 is 0 Å². The van der Waals surface area contributed by atoms with E-state index in [9.17, 15) is 4.79 Å². The summed E-state index contributed by atoms with van der Waals surface area (Å²) in [4.78, 5) is 17.4. The van der Waals surface area contributed by atoms with Gasteiger partial charge < -0.3 is 4.90 Å². The quantitative estimate of drug-likeness (QED) is 0.812. The summed E-state index contributed by atoms with van der Waals surface area (Å²) in [5.74, 6) is 0.207. The molecule has 0 bridgehead atoms. The number of likely N-dealkylation sites (N-methyl/N-ethyl adjacent to an activating group) is 1. The van der Waals surface area contributed by atoms with Crippen molar-refractivity contribution in [2.75, 3.05) is 26.7 Å². The molecule has 3 rings (SSSR count). The number of benzene rings is 2. The molecule has 1 saturated heterocycles. The summed E-state index contributed by atoms with van der Waals surface area (Å²) in [7, 11) is 1.93. The van der Waals surface area contributed by atoms with Crippen LogP contribution in [0.5, 0.6) is 0 Å². The molecule has 0 radical (unpaired) electrons. The summed E-state index contributed by atoms with van der Waals surface area (Å²) in [6.45, 7) is 2.77. The number of hydrogen-bond donors (Lipinski definition) is 0. The molecular weight excluding hydrogens is 296 g/mol. The third-order valence-electron chi connectivity index (χ3n) is 4.81. The Bertz CT molecular complexity index is 635. The minimum atomic E-state index is -0.144. The van der Waals surface area contributed by atoms with Gasteiger partial charge in [-0.3, -0.25) is 9.69 Å². The van der Waals surface area contributed by atoms with Gasteiger partial charge >= 0.3 is 0 Å². The van der Waals surface area contributed by atoms with Gasteiger partial charge in [0.05, 0.1) is 0 Å². The minimum Gasteiger partial charge on any atom is -0.344 e. The lowest BCUT2D eigenvalue weighted by molar-refractivity contribution is -0.135. The van der Waals surface area contributed by atoms with Gasteiger partial charge in [-0.25, -0.2) is 0 Å². The van der Waals surface area contributed by atoms with E-state index in [1.807, 2.05) is 48.3 Å². The zero-order chi connectivity index (χ0) is 16.8. The maximum absolute atomic E-state index is 13.1. The molecule has 0 N–H and O–H groups in total. The maximum Gasteiger partial charge on any atom is 0.244 e. The molecule has 2 aromatic rings. The lowest BCUT2D eigenvalue weighted by Crippen LogP contribution is -2.41. The number of amides is 1. The average Bonchev–Trinajstić information content (AvgIpc) is 3.16. The number of nitrogens with zero attached hydrogens (tertiary/aromatic N) is 2. The van der Waals surface area contributed by atoms with Crippen molar-refractivity contribution in [2.24, 2.45) is 0 Å². The molecule has 1 aliphatic rings. The number of carbonyl (C=O) groups is 1. The van der Waals surface area contributed by atoms with Gasteiger partial charge in [0.2, 0.25) is 5.91 Å². The van der Waals surface area contributed by atoms with E-state index in [1.165, 1.54) is 18.4 Å². The zero-order valence-electron chi connectivity index (χ0n) is 14.4. The van der Waals surface area contributed by atoms with Crippen LogP contribution in [0, 0.1) is 0 Å². The van der Waals surface area contributed by atoms with Crippen LogP contribution in [-0.2, 0) is 11.2 Å². The van der Waals surface area contributed by atoms with Gasteiger partial charge in [-0.2, -0.15) is 0 Å². The predicted molar refractivity (Wildman–Crippen MR) is 97.8 cm³/mol. The van der Waals surface area contributed by atoms with Gasteiger partial charge in [-0.15, -0.1) is 0 Å². The lowest BCUT2D eigenvalue weighted by atomic mass is 10.0. The molecule has 1 atom stereocenters. The molecule has 126 valence electrons. The van der Waals surface area contributed by atoms with Crippen LogP contribution < -0.4 is 0 Å². The van der Waals surface area contributed by atoms with Crippen molar-refractivity contribution < 1.29 is 4.79 Å². The van der Waals surface area contributed by atoms with Crippen molar-refractivity contribution >= 4 is 5.91 Å². The molecule has 1 amide bonds. The third-order valence-corrected chi connectivity index (χ3v) is 4.81. The Balaban J connectivity index is 1.70. The van der Waals surface area contributed by atoms with Gasteiger partial charge in [-0.1, -0.05) is 60.7 Å². The molecular formula is C21H26N2O. The number of rotatable bonds is 6. The normalized spacial score (nSPS) is 16.0. The Morgan fingerprint density at radius 2 is 1.58 bits per heavy atom. The molecule has 2 aromatic carbocycles. The summed E-state index contributed by atoms with van der Waals surface area (Å²) in [6, 6.07) is 20.4. The van der Waals surface area contributed by atoms with Crippen LogP contribution in [0.25, 0.3) is 0 Å². The van der Waals surface area contributed by atoms with Crippen LogP contribution in [0.2, 0.25) is 0 Å². The van der Waals surface area contributed by atoms with Crippen LogP contribution in [0.3, 0.4) is 0 Å². The van der Waals surface area contributed by atoms with Gasteiger partial charge in [0.1, 0.15) is 6.04 Å². The van der Waals surface area contributed by atoms with Crippen LogP contribution in [-0.4, -0.2) is 42.4 Å². The van der Waals surface area contributed by atoms with Crippen molar-refractivity contribution in [1.82, 2.24) is 9.80 Å². The van der Waals surface area contributed by atoms with E-state index in [0.717, 1.165) is 31.6 Å². The monoisotopic (exact) mass is 322 g/mol. The Hall–Kier alpha value is -2.13. The fraction of sp³-hybridized carbons (Fsp3) is 0.381. The fourth-order valence-electron chi connectivity index (χ4n) is 3.41. The second kappa shape index (κ2) is 8.11. The molecule has 1 fully saturated rings. The van der Waals surface area contributed by atoms with E-state index in [-0.39, 0.29) is 11.9 Å². The van der Waals surface area contributed by atoms with E-state index in [2.05, 4.69) is 29.2 Å². The Morgan fingerprint density at radius 3 is 2.21 bits per heavy atom. The highest BCUT2D eigenvalue weighted by molar-refractivity contribution is 5.83. The summed E-state index contributed by atoms with van der Waals surface area (Å²) >= 11 is 0. The lowest BCUT2D eigenvalue weighted by Gasteiger charge is -2.31. The Kier molecular flexibility index (Phi) is 5.65. The summed E-state index contributed by atoms with van der Waals surface area (Å²) in [5.41, 5.74) is 2.38. The molecule has 0 saturated carbocycles. The highest BCUT2D eigenvalue weighted by Gasteiger charge is 2.31. The number of carbonyl (C=O) groups excluding carboxylic acids is 1. The van der Waals surface area contributed by atoms with E-state index in [0.29, 0.717) is 0 Å². The molecule has 1 heterocycles. The standard InChI is InChI=1S/C21H26N2O/c1-22(17-14-18-10-4-2-5-11-18)21(24)20(23-15-8-9-16-23)19-12-6-3-7-13-19/h2-7,10-13,20H,8-9,14-17H2,1H3. The predicted octanol–water partition coefficient (Wildman–Crippen LogP) is 3.52. The van der Waals surface area contributed by atoms with E-state index in [1.54, 1.807) is 0 Å². The van der Waals surface area contributed by atoms with Crippen LogP contribution in [0.1, 0.15) is 30.0 Å². The highest BCUT2D eigenvalue weighted by atomic mass is 16.2. The number of likely N-dealkylation sites (tertiary alicyclic amines) is 1. The maximum atomic E-state index is 13.1. The minimum absolute atomic E-state index is 0.144. The first-order chi connectivity index (χ1) is 11.8. The van der Waals surface area contributed by atoms with E-state index >= 15 is 0 Å². The molecule has 3 nitrogen and oxygen atoms in total. The molecule has 1 aliphatic heterocycles. The zero-order valence-corrected chi connectivity index (χ0v) is 14.4. The van der Waals surface area contributed by atoms with Crippen LogP contribution in [0.4, 0.5) is 0 Å². The summed E-state index contributed by atoms with van der Waals surface area (Å²) in [6.07, 6.45) is 3.26. The molecule has 3 heteroatoms. The van der Waals surface area contributed by atoms with Gasteiger partial charge in [0, 0.05) is 13.6 Å². The fourth-order valence-corrected chi connectivity index (χ4v) is 3.41. The first-order valence-corrected chi connectivity index (χ1v) is 8.83. The van der Waals surface area contributed by atoms with E-state index in [4.69, 9.17) is 0 Å². The van der Waals surface area contributed by atoms with Crippen LogP contribution >= 0.6 is 0 Å². The molecule has 24 heavy (non-hydrogen) atoms. The second-order valence-corrected chi connectivity index (χ2v) is 6.55. The van der Waals surface area contributed by atoms with Crippen LogP contribution in [0.15, 0.2) is 60.7 Å². The largest absolute Gasteiger partial charge is 0.344 e. The van der Waals surface area contributed by atoms with Crippen molar-refractivity contribution in [3.63, 3.8) is 0 Å². The average molecular weight is 322 g/mol. The van der Waals surface area contributed by atoms with Crippen molar-refractivity contribution in [3.05, 3.63) is 71.8 Å². The van der Waals surface area contributed by atoms with Gasteiger partial charge in [0.15, 0.2) is 0 Å². The Labute approximate surface area is 144 Å². The summed E-state index contributed by atoms with van der Waals surface area (Å²) < 4.78 is 0. The molecule has 0 spiro atoms. The molecule has 1 unspecified atom stereocenters. The molecule has 0 aliphatic carbocycles. The smallest absolute Gasteiger partial charge is 0.244 e. The van der Waals surface area contributed by atoms with Gasteiger partial charge in [-0.05, 0) is 43.5 Å². The van der Waals surface area contributed by atoms with Crippen molar-refractivity contribution in [2.45, 2.75) is 25.3 Å². The number of hydrogen-bond acceptors (Lipinski definition) is 2. The topological polar surface area (TPSA) is 23.6 Å². The third kappa shape index (κ3) is 4.04. The van der Waals surface area contributed by atoms with Crippen molar-refractivity contribution in [3.8, 4) is 0 Å². The Morgan fingerprint density at radius 1 is 1.00 bits per heavy atom. The first kappa shape index (κ1) is 16.7. The second-order valence-electron chi connectivity index (χ2n) is 6.55. The van der Waals surface area contributed by atoms with Crippen molar-refractivity contribution in [1.29, 1.82) is 0 Å². The first-order valence-electron chi connectivity index (χ1n) is 8.83. The summed E-state index contributed by atoms with van der Waals surface area (Å²) in [5, 5.41) is 0. The molecule has 0 aromatic heterocycles.